The van der Waals surface area contributed by atoms with Gasteiger partial charge in [-0.2, -0.15) is 5.10 Å². The first kappa shape index (κ1) is 14.4. The number of carbonyl (C=O) groups excluding carboxylic acids is 1. The predicted octanol–water partition coefficient (Wildman–Crippen LogP) is 1.87. The minimum absolute atomic E-state index is 0.00574. The molecule has 21 heavy (non-hydrogen) atoms. The average molecular weight is 298 g/mol. The zero-order valence-electron chi connectivity index (χ0n) is 11.8. The van der Waals surface area contributed by atoms with Gasteiger partial charge < -0.3 is 10.6 Å². The molecule has 1 aliphatic carbocycles. The van der Waals surface area contributed by atoms with E-state index in [2.05, 4.69) is 15.7 Å². The highest BCUT2D eigenvalue weighted by Crippen LogP contribution is 2.44. The highest BCUT2D eigenvalue weighted by Gasteiger charge is 2.49. The van der Waals surface area contributed by atoms with Gasteiger partial charge in [-0.3, -0.25) is 9.48 Å². The number of nitrogens with zero attached hydrogens (tertiary/aromatic N) is 2. The van der Waals surface area contributed by atoms with Gasteiger partial charge in [-0.05, 0) is 25.3 Å². The summed E-state index contributed by atoms with van der Waals surface area (Å²) in [5.41, 5.74) is 0.148. The predicted molar refractivity (Wildman–Crippen MR) is 74.1 cm³/mol. The first-order chi connectivity index (χ1) is 10.1. The second-order valence-electron chi connectivity index (χ2n) is 6.03. The average Bonchev–Trinajstić information content (AvgIpc) is 3.05. The normalized spacial score (nSPS) is 28.6. The standard InChI is InChI=1S/C14H20F2N4O/c15-12(16)8-20-7-11(6-18-20)19-13(21)14-4-2-1-3-10(14)5-17-9-14/h6-7,10,12,17H,1-5,8-9H2,(H,19,21)/t10-,14+/m0/s1. The summed E-state index contributed by atoms with van der Waals surface area (Å²) in [6.45, 7) is 1.14. The number of rotatable bonds is 4. The van der Waals surface area contributed by atoms with E-state index in [0.29, 0.717) is 18.2 Å². The molecule has 7 heteroatoms. The van der Waals surface area contributed by atoms with Crippen LogP contribution in [0.2, 0.25) is 0 Å². The molecule has 2 aliphatic rings. The van der Waals surface area contributed by atoms with E-state index in [4.69, 9.17) is 0 Å². The van der Waals surface area contributed by atoms with Crippen molar-refractivity contribution in [2.45, 2.75) is 38.7 Å². The molecular weight excluding hydrogens is 278 g/mol. The summed E-state index contributed by atoms with van der Waals surface area (Å²) < 4.78 is 25.8. The Morgan fingerprint density at radius 3 is 3.24 bits per heavy atom. The van der Waals surface area contributed by atoms with Crippen LogP contribution in [0.3, 0.4) is 0 Å². The quantitative estimate of drug-likeness (QED) is 0.892. The van der Waals surface area contributed by atoms with Crippen LogP contribution in [-0.2, 0) is 11.3 Å². The molecule has 2 N–H and O–H groups in total. The number of nitrogens with one attached hydrogen (secondary N) is 2. The van der Waals surface area contributed by atoms with E-state index < -0.39 is 13.0 Å². The number of fused-ring (bicyclic) bond motifs is 1. The van der Waals surface area contributed by atoms with E-state index in [1.165, 1.54) is 18.8 Å². The second kappa shape index (κ2) is 5.71. The molecule has 1 aromatic rings. The highest BCUT2D eigenvalue weighted by molar-refractivity contribution is 5.96. The number of halogens is 2. The molecule has 0 spiro atoms. The Hall–Kier alpha value is -1.50. The van der Waals surface area contributed by atoms with Gasteiger partial charge in [0.2, 0.25) is 5.91 Å². The van der Waals surface area contributed by atoms with Crippen LogP contribution in [-0.4, -0.2) is 35.2 Å². The molecule has 1 aliphatic heterocycles. The minimum Gasteiger partial charge on any atom is -0.323 e. The Morgan fingerprint density at radius 1 is 1.57 bits per heavy atom. The van der Waals surface area contributed by atoms with E-state index >= 15 is 0 Å². The molecule has 3 rings (SSSR count). The van der Waals surface area contributed by atoms with Gasteiger partial charge in [0.25, 0.3) is 6.43 Å². The summed E-state index contributed by atoms with van der Waals surface area (Å²) in [7, 11) is 0. The Balaban J connectivity index is 1.69. The first-order valence-electron chi connectivity index (χ1n) is 7.43. The van der Waals surface area contributed by atoms with Crippen molar-refractivity contribution in [3.8, 4) is 0 Å². The molecule has 1 aromatic heterocycles. The van der Waals surface area contributed by atoms with Crippen molar-refractivity contribution in [2.75, 3.05) is 18.4 Å². The Bertz CT molecular complexity index is 519. The Morgan fingerprint density at radius 2 is 2.43 bits per heavy atom. The molecule has 0 bridgehead atoms. The van der Waals surface area contributed by atoms with Crippen LogP contribution in [0.1, 0.15) is 25.7 Å². The van der Waals surface area contributed by atoms with Crippen LogP contribution in [0, 0.1) is 11.3 Å². The zero-order chi connectivity index (χ0) is 14.9. The summed E-state index contributed by atoms with van der Waals surface area (Å²) >= 11 is 0. The van der Waals surface area contributed by atoms with Crippen LogP contribution >= 0.6 is 0 Å². The molecular formula is C14H20F2N4O. The van der Waals surface area contributed by atoms with Gasteiger partial charge >= 0.3 is 0 Å². The van der Waals surface area contributed by atoms with Crippen LogP contribution in [0.4, 0.5) is 14.5 Å². The van der Waals surface area contributed by atoms with Gasteiger partial charge in [-0.25, -0.2) is 8.78 Å². The van der Waals surface area contributed by atoms with Gasteiger partial charge in [0.15, 0.2) is 0 Å². The molecule has 2 atom stereocenters. The van der Waals surface area contributed by atoms with Crippen molar-refractivity contribution in [1.82, 2.24) is 15.1 Å². The molecule has 1 amide bonds. The van der Waals surface area contributed by atoms with Crippen molar-refractivity contribution in [3.05, 3.63) is 12.4 Å². The fraction of sp³-hybridized carbons (Fsp3) is 0.714. The smallest absolute Gasteiger partial charge is 0.257 e. The molecule has 0 unspecified atom stereocenters. The van der Waals surface area contributed by atoms with Crippen molar-refractivity contribution in [2.24, 2.45) is 11.3 Å². The number of alkyl halides is 2. The first-order valence-corrected chi connectivity index (χ1v) is 7.43. The van der Waals surface area contributed by atoms with Crippen LogP contribution in [0.5, 0.6) is 0 Å². The van der Waals surface area contributed by atoms with Gasteiger partial charge in [-0.1, -0.05) is 12.8 Å². The van der Waals surface area contributed by atoms with Crippen molar-refractivity contribution < 1.29 is 13.6 Å². The molecule has 0 aromatic carbocycles. The topological polar surface area (TPSA) is 59.0 Å². The van der Waals surface area contributed by atoms with E-state index in [9.17, 15) is 13.6 Å². The molecule has 2 heterocycles. The van der Waals surface area contributed by atoms with Gasteiger partial charge in [0, 0.05) is 12.7 Å². The zero-order valence-corrected chi connectivity index (χ0v) is 11.8. The number of hydrogen-bond donors (Lipinski definition) is 2. The summed E-state index contributed by atoms with van der Waals surface area (Å²) in [5.74, 6) is 0.371. The number of anilines is 1. The van der Waals surface area contributed by atoms with Gasteiger partial charge in [-0.15, -0.1) is 0 Å². The van der Waals surface area contributed by atoms with E-state index in [-0.39, 0.29) is 11.3 Å². The van der Waals surface area contributed by atoms with Crippen molar-refractivity contribution in [1.29, 1.82) is 0 Å². The van der Waals surface area contributed by atoms with Crippen LogP contribution < -0.4 is 10.6 Å². The van der Waals surface area contributed by atoms with E-state index in [1.54, 1.807) is 0 Å². The molecule has 0 radical (unpaired) electrons. The largest absolute Gasteiger partial charge is 0.323 e. The van der Waals surface area contributed by atoms with E-state index in [1.807, 2.05) is 0 Å². The molecule has 116 valence electrons. The molecule has 1 saturated carbocycles. The maximum atomic E-state index is 12.7. The lowest BCUT2D eigenvalue weighted by Crippen LogP contribution is -2.44. The van der Waals surface area contributed by atoms with Crippen molar-refractivity contribution in [3.63, 3.8) is 0 Å². The SMILES string of the molecule is O=C(Nc1cnn(CC(F)F)c1)[C@@]12CCCC[C@H]1CNC2. The maximum absolute atomic E-state index is 12.7. The minimum atomic E-state index is -2.45. The van der Waals surface area contributed by atoms with Crippen molar-refractivity contribution >= 4 is 11.6 Å². The van der Waals surface area contributed by atoms with Crippen LogP contribution in [0.25, 0.3) is 0 Å². The third-order valence-electron chi connectivity index (χ3n) is 4.71. The third kappa shape index (κ3) is 2.79. The number of amides is 1. The Labute approximate surface area is 122 Å². The second-order valence-corrected chi connectivity index (χ2v) is 6.03. The molecule has 1 saturated heterocycles. The Kier molecular flexibility index (Phi) is 3.93. The summed E-state index contributed by atoms with van der Waals surface area (Å²) in [5, 5.41) is 10.0. The lowest BCUT2D eigenvalue weighted by molar-refractivity contribution is -0.128. The molecule has 2 fully saturated rings. The lowest BCUT2D eigenvalue weighted by atomic mass is 9.67. The monoisotopic (exact) mass is 298 g/mol. The maximum Gasteiger partial charge on any atom is 0.257 e. The fourth-order valence-electron chi connectivity index (χ4n) is 3.62. The fourth-order valence-corrected chi connectivity index (χ4v) is 3.62. The number of carbonyl (C=O) groups is 1. The summed E-state index contributed by atoms with van der Waals surface area (Å²) in [4.78, 5) is 12.7. The lowest BCUT2D eigenvalue weighted by Gasteiger charge is -2.36. The third-order valence-corrected chi connectivity index (χ3v) is 4.71. The van der Waals surface area contributed by atoms with Crippen LogP contribution in [0.15, 0.2) is 12.4 Å². The van der Waals surface area contributed by atoms with Gasteiger partial charge in [0.05, 0.1) is 17.3 Å². The molecule has 5 nitrogen and oxygen atoms in total. The number of aromatic nitrogens is 2. The number of hydrogen-bond acceptors (Lipinski definition) is 3. The summed E-state index contributed by atoms with van der Waals surface area (Å²) in [6, 6.07) is 0. The van der Waals surface area contributed by atoms with Gasteiger partial charge in [0.1, 0.15) is 6.54 Å². The highest BCUT2D eigenvalue weighted by atomic mass is 19.3. The van der Waals surface area contributed by atoms with E-state index in [0.717, 1.165) is 30.5 Å². The summed E-state index contributed by atoms with van der Waals surface area (Å²) in [6.07, 6.45) is 4.64.